The van der Waals surface area contributed by atoms with E-state index in [0.717, 1.165) is 10.0 Å². The monoisotopic (exact) mass is 525 g/mol. The number of halogens is 1. The summed E-state index contributed by atoms with van der Waals surface area (Å²) in [5.41, 5.74) is 1.61. The van der Waals surface area contributed by atoms with E-state index in [4.69, 9.17) is 9.15 Å². The second-order valence-electron chi connectivity index (χ2n) is 6.92. The average molecular weight is 526 g/mol. The third-order valence-electron chi connectivity index (χ3n) is 4.58. The maximum atomic E-state index is 13.1. The van der Waals surface area contributed by atoms with Crippen LogP contribution in [-0.2, 0) is 11.3 Å². The van der Waals surface area contributed by atoms with E-state index in [2.05, 4.69) is 26.1 Å². The molecule has 3 aromatic rings. The second-order valence-corrected chi connectivity index (χ2v) is 8.84. The van der Waals surface area contributed by atoms with Crippen molar-refractivity contribution in [1.82, 2.24) is 4.90 Å². The van der Waals surface area contributed by atoms with Gasteiger partial charge in [0.05, 0.1) is 30.5 Å². The number of carbonyl (C=O) groups excluding carboxylic acids is 1. The van der Waals surface area contributed by atoms with Crippen molar-refractivity contribution in [2.24, 2.45) is 10.2 Å². The molecule has 0 radical (unpaired) electrons. The van der Waals surface area contributed by atoms with Gasteiger partial charge in [-0.3, -0.25) is 9.69 Å². The Morgan fingerprint density at radius 3 is 2.70 bits per heavy atom. The Bertz CT molecular complexity index is 1220. The Labute approximate surface area is 203 Å². The topological polar surface area (TPSA) is 87.6 Å². The summed E-state index contributed by atoms with van der Waals surface area (Å²) in [5, 5.41) is 18.8. The Morgan fingerprint density at radius 2 is 1.97 bits per heavy atom. The number of hydrogen-bond donors (Lipinski definition) is 1. The first-order valence-electron chi connectivity index (χ1n) is 10.1. The third kappa shape index (κ3) is 5.74. The lowest BCUT2D eigenvalue weighted by molar-refractivity contribution is -0.122. The van der Waals surface area contributed by atoms with Gasteiger partial charge in [0.15, 0.2) is 16.7 Å². The van der Waals surface area contributed by atoms with Gasteiger partial charge in [-0.15, -0.1) is 5.10 Å². The zero-order valence-corrected chi connectivity index (χ0v) is 20.0. The van der Waals surface area contributed by atoms with Gasteiger partial charge in [0.2, 0.25) is 0 Å². The minimum atomic E-state index is -0.170. The largest absolute Gasteiger partial charge is 0.504 e. The number of ether oxygens (including phenoxy) is 1. The predicted molar refractivity (Wildman–Crippen MR) is 133 cm³/mol. The molecule has 1 amide bonds. The lowest BCUT2D eigenvalue weighted by atomic mass is 10.2. The molecule has 1 fully saturated rings. The van der Waals surface area contributed by atoms with Crippen molar-refractivity contribution in [2.75, 3.05) is 6.61 Å². The van der Waals surface area contributed by atoms with E-state index in [9.17, 15) is 9.90 Å². The van der Waals surface area contributed by atoms with Crippen LogP contribution in [0.15, 0.2) is 84.9 Å². The smallest absolute Gasteiger partial charge is 0.267 e. The van der Waals surface area contributed by atoms with Gasteiger partial charge in [0.1, 0.15) is 5.76 Å². The van der Waals surface area contributed by atoms with Gasteiger partial charge in [0.25, 0.3) is 5.91 Å². The van der Waals surface area contributed by atoms with Crippen LogP contribution in [0.25, 0.3) is 6.08 Å². The number of phenolic OH excluding ortho intramolecular Hbond substituents is 1. The van der Waals surface area contributed by atoms with Crippen molar-refractivity contribution < 1.29 is 19.1 Å². The van der Waals surface area contributed by atoms with E-state index in [0.29, 0.717) is 33.8 Å². The zero-order valence-electron chi connectivity index (χ0n) is 17.6. The molecule has 168 valence electrons. The molecule has 0 atom stereocenters. The van der Waals surface area contributed by atoms with Crippen molar-refractivity contribution in [1.29, 1.82) is 0 Å². The number of amidine groups is 1. The quantitative estimate of drug-likeness (QED) is 0.244. The van der Waals surface area contributed by atoms with E-state index in [-0.39, 0.29) is 18.2 Å². The normalized spacial score (nSPS) is 16.4. The SMILES string of the molecule is CCOc1cc(/C=N\N=C2\S/C(=C\c3ccc(Br)cc3)C(=O)N2Cc2ccco2)ccc1O. The molecule has 9 heteroatoms. The highest BCUT2D eigenvalue weighted by atomic mass is 79.9. The standard InChI is InChI=1S/C24H20BrN3O4S/c1-2-31-21-12-17(7-10-20(21)29)14-26-27-24-28(15-19-4-3-11-32-19)23(30)22(33-24)13-16-5-8-18(25)9-6-16/h3-14,29H,2,15H2,1H3/b22-13-,26-14-,27-24+. The number of thioether (sulfide) groups is 1. The molecule has 2 heterocycles. The Kier molecular flexibility index (Phi) is 7.31. The second kappa shape index (κ2) is 10.5. The summed E-state index contributed by atoms with van der Waals surface area (Å²) in [6.07, 6.45) is 4.94. The highest BCUT2D eigenvalue weighted by Gasteiger charge is 2.34. The summed E-state index contributed by atoms with van der Waals surface area (Å²) in [7, 11) is 0. The van der Waals surface area contributed by atoms with Crippen molar-refractivity contribution in [3.8, 4) is 11.5 Å². The Morgan fingerprint density at radius 1 is 1.18 bits per heavy atom. The number of rotatable bonds is 7. The van der Waals surface area contributed by atoms with Gasteiger partial charge in [-0.05, 0) is 78.4 Å². The average Bonchev–Trinajstić information content (AvgIpc) is 3.42. The van der Waals surface area contributed by atoms with Gasteiger partial charge in [-0.1, -0.05) is 28.1 Å². The van der Waals surface area contributed by atoms with Crippen molar-refractivity contribution in [2.45, 2.75) is 13.5 Å². The maximum Gasteiger partial charge on any atom is 0.267 e. The number of carbonyl (C=O) groups is 1. The molecule has 1 N–H and O–H groups in total. The molecule has 33 heavy (non-hydrogen) atoms. The fourth-order valence-electron chi connectivity index (χ4n) is 3.02. The van der Waals surface area contributed by atoms with Crippen LogP contribution in [0.1, 0.15) is 23.8 Å². The predicted octanol–water partition coefficient (Wildman–Crippen LogP) is 5.65. The van der Waals surface area contributed by atoms with E-state index >= 15 is 0 Å². The molecule has 0 unspecified atom stereocenters. The first kappa shape index (κ1) is 22.9. The Hall–Kier alpha value is -3.30. The lowest BCUT2D eigenvalue weighted by Gasteiger charge is -2.12. The Balaban J connectivity index is 1.60. The van der Waals surface area contributed by atoms with Crippen molar-refractivity contribution >= 4 is 51.1 Å². The third-order valence-corrected chi connectivity index (χ3v) is 6.11. The van der Waals surface area contributed by atoms with E-state index in [1.165, 1.54) is 22.7 Å². The van der Waals surface area contributed by atoms with Crippen molar-refractivity contribution in [3.63, 3.8) is 0 Å². The van der Waals surface area contributed by atoms with Gasteiger partial charge >= 0.3 is 0 Å². The summed E-state index contributed by atoms with van der Waals surface area (Å²) in [6, 6.07) is 16.2. The summed E-state index contributed by atoms with van der Waals surface area (Å²) in [6.45, 7) is 2.52. The number of benzene rings is 2. The summed E-state index contributed by atoms with van der Waals surface area (Å²) < 4.78 is 11.8. The minimum absolute atomic E-state index is 0.0598. The molecule has 0 aliphatic carbocycles. The van der Waals surface area contributed by atoms with Crippen LogP contribution < -0.4 is 4.74 Å². The molecule has 2 aromatic carbocycles. The molecule has 0 bridgehead atoms. The molecular formula is C24H20BrN3O4S. The lowest BCUT2D eigenvalue weighted by Crippen LogP contribution is -2.28. The fraction of sp³-hybridized carbons (Fsp3) is 0.125. The van der Waals surface area contributed by atoms with Crippen LogP contribution in [0.2, 0.25) is 0 Å². The molecule has 4 rings (SSSR count). The van der Waals surface area contributed by atoms with E-state index < -0.39 is 0 Å². The highest BCUT2D eigenvalue weighted by molar-refractivity contribution is 9.10. The van der Waals surface area contributed by atoms with Crippen LogP contribution >= 0.6 is 27.7 Å². The maximum absolute atomic E-state index is 13.1. The highest BCUT2D eigenvalue weighted by Crippen LogP contribution is 2.34. The fourth-order valence-corrected chi connectivity index (χ4v) is 4.22. The number of furan rings is 1. The molecule has 1 saturated heterocycles. The summed E-state index contributed by atoms with van der Waals surface area (Å²) in [4.78, 5) is 15.2. The van der Waals surface area contributed by atoms with Gasteiger partial charge in [0, 0.05) is 4.47 Å². The molecule has 1 aromatic heterocycles. The molecule has 0 saturated carbocycles. The minimum Gasteiger partial charge on any atom is -0.504 e. The molecule has 1 aliphatic rings. The van der Waals surface area contributed by atoms with Crippen LogP contribution in [0, 0.1) is 0 Å². The number of aromatic hydroxyl groups is 1. The number of hydrogen-bond acceptors (Lipinski definition) is 7. The number of phenols is 1. The molecule has 0 spiro atoms. The van der Waals surface area contributed by atoms with Crippen LogP contribution in [0.5, 0.6) is 11.5 Å². The zero-order chi connectivity index (χ0) is 23.2. The summed E-state index contributed by atoms with van der Waals surface area (Å²) in [5.74, 6) is 0.908. The van der Waals surface area contributed by atoms with Crippen LogP contribution in [0.4, 0.5) is 0 Å². The van der Waals surface area contributed by atoms with Crippen molar-refractivity contribution in [3.05, 3.63) is 87.1 Å². The number of nitrogens with zero attached hydrogens (tertiary/aromatic N) is 3. The van der Waals surface area contributed by atoms with E-state index in [1.54, 1.807) is 36.7 Å². The molecule has 7 nitrogen and oxygen atoms in total. The summed E-state index contributed by atoms with van der Waals surface area (Å²) >= 11 is 4.67. The molecule has 1 aliphatic heterocycles. The first-order chi connectivity index (χ1) is 16.0. The number of amides is 1. The molecular weight excluding hydrogens is 506 g/mol. The van der Waals surface area contributed by atoms with Gasteiger partial charge < -0.3 is 14.3 Å². The van der Waals surface area contributed by atoms with Gasteiger partial charge in [-0.2, -0.15) is 5.10 Å². The van der Waals surface area contributed by atoms with Crippen LogP contribution in [0.3, 0.4) is 0 Å². The van der Waals surface area contributed by atoms with Crippen LogP contribution in [-0.4, -0.2) is 33.9 Å². The first-order valence-corrected chi connectivity index (χ1v) is 11.7. The van der Waals surface area contributed by atoms with Gasteiger partial charge in [-0.25, -0.2) is 0 Å². The van der Waals surface area contributed by atoms with E-state index in [1.807, 2.05) is 37.3 Å².